The summed E-state index contributed by atoms with van der Waals surface area (Å²) in [5.74, 6) is 0.910. The van der Waals surface area contributed by atoms with E-state index in [2.05, 4.69) is 91.9 Å². The van der Waals surface area contributed by atoms with Gasteiger partial charge in [-0.25, -0.2) is 0 Å². The Bertz CT molecular complexity index is 1310. The first-order chi connectivity index (χ1) is 13.3. The van der Waals surface area contributed by atoms with E-state index in [-0.39, 0.29) is 0 Å². The van der Waals surface area contributed by atoms with Gasteiger partial charge in [-0.15, -0.1) is 0 Å². The summed E-state index contributed by atoms with van der Waals surface area (Å²) in [6.45, 7) is 2.15. The van der Waals surface area contributed by atoms with E-state index in [4.69, 9.17) is 4.74 Å². The molecule has 0 amide bonds. The van der Waals surface area contributed by atoms with Crippen LogP contribution in [0.5, 0.6) is 5.75 Å². The third-order valence-corrected chi connectivity index (χ3v) is 5.38. The van der Waals surface area contributed by atoms with Crippen molar-refractivity contribution in [2.24, 2.45) is 0 Å². The lowest BCUT2D eigenvalue weighted by molar-refractivity contribution is 0.417. The van der Waals surface area contributed by atoms with E-state index in [1.807, 2.05) is 0 Å². The Balaban J connectivity index is 2.07. The zero-order valence-electron chi connectivity index (χ0n) is 15.5. The number of rotatable bonds is 2. The molecule has 0 radical (unpaired) electrons. The molecule has 0 unspecified atom stereocenters. The van der Waals surface area contributed by atoms with Gasteiger partial charge in [0.25, 0.3) is 0 Å². The predicted molar refractivity (Wildman–Crippen MR) is 116 cm³/mol. The van der Waals surface area contributed by atoms with Crippen molar-refractivity contribution >= 4 is 32.3 Å². The minimum absolute atomic E-state index is 0.910. The summed E-state index contributed by atoms with van der Waals surface area (Å²) in [6, 6.07) is 30.4. The van der Waals surface area contributed by atoms with Crippen LogP contribution in [-0.2, 0) is 0 Å². The van der Waals surface area contributed by atoms with Crippen molar-refractivity contribution in [3.8, 4) is 16.9 Å². The first kappa shape index (κ1) is 15.9. The number of methoxy groups -OCH3 is 1. The molecular formula is C26H20O. The van der Waals surface area contributed by atoms with Crippen LogP contribution in [0.4, 0.5) is 0 Å². The van der Waals surface area contributed by atoms with Crippen molar-refractivity contribution in [3.05, 3.63) is 90.5 Å². The van der Waals surface area contributed by atoms with E-state index in [1.54, 1.807) is 7.11 Å². The molecule has 5 aromatic rings. The molecule has 5 rings (SSSR count). The highest BCUT2D eigenvalue weighted by Gasteiger charge is 2.17. The molecule has 0 aliphatic rings. The maximum atomic E-state index is 5.84. The topological polar surface area (TPSA) is 9.23 Å². The number of benzene rings is 5. The summed E-state index contributed by atoms with van der Waals surface area (Å²) < 4.78 is 5.84. The van der Waals surface area contributed by atoms with E-state index in [0.29, 0.717) is 0 Å². The quantitative estimate of drug-likeness (QED) is 0.308. The Hall–Kier alpha value is -3.32. The Kier molecular flexibility index (Phi) is 3.61. The van der Waals surface area contributed by atoms with Gasteiger partial charge in [0, 0.05) is 11.1 Å². The van der Waals surface area contributed by atoms with Crippen molar-refractivity contribution in [1.29, 1.82) is 0 Å². The summed E-state index contributed by atoms with van der Waals surface area (Å²) in [5.41, 5.74) is 3.68. The Morgan fingerprint density at radius 2 is 1.19 bits per heavy atom. The molecule has 0 aliphatic carbocycles. The number of ether oxygens (including phenoxy) is 1. The van der Waals surface area contributed by atoms with E-state index < -0.39 is 0 Å². The van der Waals surface area contributed by atoms with Crippen molar-refractivity contribution in [2.75, 3.05) is 7.11 Å². The maximum Gasteiger partial charge on any atom is 0.127 e. The van der Waals surface area contributed by atoms with Crippen LogP contribution < -0.4 is 4.74 Å². The Morgan fingerprint density at radius 3 is 1.96 bits per heavy atom. The predicted octanol–water partition coefficient (Wildman–Crippen LogP) is 7.13. The van der Waals surface area contributed by atoms with E-state index in [1.165, 1.54) is 49.0 Å². The molecule has 130 valence electrons. The zero-order valence-corrected chi connectivity index (χ0v) is 15.5. The molecule has 1 nitrogen and oxygen atoms in total. The summed E-state index contributed by atoms with van der Waals surface area (Å²) >= 11 is 0. The number of hydrogen-bond donors (Lipinski definition) is 0. The van der Waals surface area contributed by atoms with Gasteiger partial charge in [-0.05, 0) is 51.4 Å². The monoisotopic (exact) mass is 348 g/mol. The molecule has 0 fully saturated rings. The summed E-state index contributed by atoms with van der Waals surface area (Å²) in [4.78, 5) is 0. The second kappa shape index (κ2) is 6.14. The summed E-state index contributed by atoms with van der Waals surface area (Å²) in [7, 11) is 1.76. The minimum atomic E-state index is 0.910. The van der Waals surface area contributed by atoms with Gasteiger partial charge in [0.2, 0.25) is 0 Å². The zero-order chi connectivity index (χ0) is 18.4. The Morgan fingerprint density at radius 1 is 0.556 bits per heavy atom. The molecule has 0 bridgehead atoms. The van der Waals surface area contributed by atoms with E-state index in [9.17, 15) is 0 Å². The third kappa shape index (κ3) is 2.47. The normalized spacial score (nSPS) is 11.3. The van der Waals surface area contributed by atoms with Crippen molar-refractivity contribution in [3.63, 3.8) is 0 Å². The van der Waals surface area contributed by atoms with Gasteiger partial charge in [-0.1, -0.05) is 78.4 Å². The first-order valence-electron chi connectivity index (χ1n) is 9.24. The molecule has 0 aliphatic heterocycles. The second-order valence-corrected chi connectivity index (χ2v) is 7.06. The molecule has 0 aromatic heterocycles. The summed E-state index contributed by atoms with van der Waals surface area (Å²) in [5, 5.41) is 7.47. The van der Waals surface area contributed by atoms with Crippen LogP contribution in [0.2, 0.25) is 0 Å². The second-order valence-electron chi connectivity index (χ2n) is 7.06. The highest BCUT2D eigenvalue weighted by molar-refractivity contribution is 6.18. The fourth-order valence-corrected chi connectivity index (χ4v) is 4.12. The van der Waals surface area contributed by atoms with Crippen LogP contribution in [0.1, 0.15) is 5.56 Å². The molecule has 0 spiro atoms. The maximum absolute atomic E-state index is 5.84. The molecule has 0 saturated carbocycles. The SMILES string of the molecule is COc1ccc2ccccc2c1-c1c2ccccc2cc2ccc(C)cc12. The molecule has 1 heteroatoms. The minimum Gasteiger partial charge on any atom is -0.496 e. The number of aryl methyl sites for hydroxylation is 1. The molecule has 0 atom stereocenters. The van der Waals surface area contributed by atoms with Crippen LogP contribution in [0, 0.1) is 6.92 Å². The lowest BCUT2D eigenvalue weighted by atomic mass is 9.88. The largest absolute Gasteiger partial charge is 0.496 e. The number of fused-ring (bicyclic) bond motifs is 3. The van der Waals surface area contributed by atoms with Gasteiger partial charge < -0.3 is 4.74 Å². The van der Waals surface area contributed by atoms with E-state index >= 15 is 0 Å². The van der Waals surface area contributed by atoms with Crippen LogP contribution in [0.3, 0.4) is 0 Å². The van der Waals surface area contributed by atoms with Gasteiger partial charge >= 0.3 is 0 Å². The van der Waals surface area contributed by atoms with Gasteiger partial charge in [-0.3, -0.25) is 0 Å². The fraction of sp³-hybridized carbons (Fsp3) is 0.0769. The van der Waals surface area contributed by atoms with Crippen LogP contribution in [0.15, 0.2) is 84.9 Å². The van der Waals surface area contributed by atoms with Crippen molar-refractivity contribution in [1.82, 2.24) is 0 Å². The average Bonchev–Trinajstić information content (AvgIpc) is 2.71. The highest BCUT2D eigenvalue weighted by atomic mass is 16.5. The van der Waals surface area contributed by atoms with Crippen molar-refractivity contribution < 1.29 is 4.74 Å². The van der Waals surface area contributed by atoms with E-state index in [0.717, 1.165) is 5.75 Å². The lowest BCUT2D eigenvalue weighted by Crippen LogP contribution is -1.93. The molecule has 27 heavy (non-hydrogen) atoms. The van der Waals surface area contributed by atoms with Crippen LogP contribution in [-0.4, -0.2) is 7.11 Å². The van der Waals surface area contributed by atoms with Crippen molar-refractivity contribution in [2.45, 2.75) is 6.92 Å². The average molecular weight is 348 g/mol. The molecule has 0 heterocycles. The standard InChI is InChI=1S/C26H20O/c1-17-11-12-20-16-19-8-4-6-10-22(19)25(23(20)15-17)26-21-9-5-3-7-18(21)13-14-24(26)27-2/h3-16H,1-2H3. The van der Waals surface area contributed by atoms with Crippen LogP contribution in [0.25, 0.3) is 43.4 Å². The lowest BCUT2D eigenvalue weighted by Gasteiger charge is -2.17. The third-order valence-electron chi connectivity index (χ3n) is 5.38. The molecule has 0 N–H and O–H groups in total. The summed E-state index contributed by atoms with van der Waals surface area (Å²) in [6.07, 6.45) is 0. The first-order valence-corrected chi connectivity index (χ1v) is 9.24. The molecular weight excluding hydrogens is 328 g/mol. The Labute approximate surface area is 158 Å². The molecule has 5 aromatic carbocycles. The van der Waals surface area contributed by atoms with Crippen LogP contribution >= 0.6 is 0 Å². The number of hydrogen-bond acceptors (Lipinski definition) is 1. The fourth-order valence-electron chi connectivity index (χ4n) is 4.12. The van der Waals surface area contributed by atoms with Gasteiger partial charge in [-0.2, -0.15) is 0 Å². The van der Waals surface area contributed by atoms with Gasteiger partial charge in [0.15, 0.2) is 0 Å². The highest BCUT2D eigenvalue weighted by Crippen LogP contribution is 2.44. The van der Waals surface area contributed by atoms with Gasteiger partial charge in [0.05, 0.1) is 7.11 Å². The molecule has 0 saturated heterocycles. The van der Waals surface area contributed by atoms with Gasteiger partial charge in [0.1, 0.15) is 5.75 Å². The smallest absolute Gasteiger partial charge is 0.127 e.